The van der Waals surface area contributed by atoms with Gasteiger partial charge in [0.25, 0.3) is 0 Å². The van der Waals surface area contributed by atoms with Crippen LogP contribution in [0.1, 0.15) is 24.7 Å². The SMILES string of the molecule is C=C(C)C(=O)NCCc1nc2ccccc2n1CCCOc1ccccc1C. The smallest absolute Gasteiger partial charge is 0.246 e. The van der Waals surface area contributed by atoms with Gasteiger partial charge in [0.2, 0.25) is 5.91 Å². The largest absolute Gasteiger partial charge is 0.493 e. The predicted molar refractivity (Wildman–Crippen MR) is 113 cm³/mol. The Morgan fingerprint density at radius 3 is 2.71 bits per heavy atom. The summed E-state index contributed by atoms with van der Waals surface area (Å²) in [6.07, 6.45) is 1.55. The van der Waals surface area contributed by atoms with Gasteiger partial charge in [-0.3, -0.25) is 4.79 Å². The van der Waals surface area contributed by atoms with Gasteiger partial charge in [-0.1, -0.05) is 36.9 Å². The molecule has 0 fully saturated rings. The molecule has 0 aliphatic rings. The van der Waals surface area contributed by atoms with E-state index in [0.29, 0.717) is 25.1 Å². The molecule has 0 bridgehead atoms. The molecule has 2 aromatic carbocycles. The number of nitrogens with zero attached hydrogens (tertiary/aromatic N) is 2. The van der Waals surface area contributed by atoms with Crippen molar-refractivity contribution in [2.75, 3.05) is 13.2 Å². The summed E-state index contributed by atoms with van der Waals surface area (Å²) in [5, 5.41) is 2.88. The normalized spacial score (nSPS) is 10.8. The fraction of sp³-hybridized carbons (Fsp3) is 0.304. The number of amides is 1. The third-order valence-corrected chi connectivity index (χ3v) is 4.63. The highest BCUT2D eigenvalue weighted by atomic mass is 16.5. The summed E-state index contributed by atoms with van der Waals surface area (Å²) in [7, 11) is 0. The summed E-state index contributed by atoms with van der Waals surface area (Å²) in [6, 6.07) is 16.2. The maximum atomic E-state index is 11.7. The number of benzene rings is 2. The Morgan fingerprint density at radius 2 is 1.93 bits per heavy atom. The number of hydrogen-bond donors (Lipinski definition) is 1. The summed E-state index contributed by atoms with van der Waals surface area (Å²) < 4.78 is 8.15. The van der Waals surface area contributed by atoms with Crippen molar-refractivity contribution in [2.24, 2.45) is 0 Å². The van der Waals surface area contributed by atoms with E-state index in [9.17, 15) is 4.79 Å². The zero-order valence-electron chi connectivity index (χ0n) is 16.6. The standard InChI is InChI=1S/C23H27N3O2/c1-17(2)23(27)24-14-13-22-25-19-10-5-6-11-20(19)26(22)15-8-16-28-21-12-7-4-9-18(21)3/h4-7,9-12H,1,8,13-16H2,2-3H3,(H,24,27). The maximum Gasteiger partial charge on any atom is 0.246 e. The lowest BCUT2D eigenvalue weighted by Gasteiger charge is -2.12. The van der Waals surface area contributed by atoms with Crippen molar-refractivity contribution in [3.63, 3.8) is 0 Å². The fourth-order valence-electron chi connectivity index (χ4n) is 3.13. The van der Waals surface area contributed by atoms with Gasteiger partial charge >= 0.3 is 0 Å². The first kappa shape index (κ1) is 19.7. The summed E-state index contributed by atoms with van der Waals surface area (Å²) >= 11 is 0. The number of para-hydroxylation sites is 3. The molecule has 3 rings (SSSR count). The zero-order chi connectivity index (χ0) is 19.9. The first-order chi connectivity index (χ1) is 13.6. The van der Waals surface area contributed by atoms with Crippen LogP contribution in [-0.2, 0) is 17.8 Å². The molecular weight excluding hydrogens is 350 g/mol. The number of carbonyl (C=O) groups excluding carboxylic acids is 1. The number of carbonyl (C=O) groups is 1. The molecule has 0 radical (unpaired) electrons. The molecule has 0 aliphatic carbocycles. The minimum atomic E-state index is -0.116. The highest BCUT2D eigenvalue weighted by Crippen LogP contribution is 2.19. The summed E-state index contributed by atoms with van der Waals surface area (Å²) in [4.78, 5) is 16.5. The second-order valence-electron chi connectivity index (χ2n) is 6.92. The fourth-order valence-corrected chi connectivity index (χ4v) is 3.13. The summed E-state index contributed by atoms with van der Waals surface area (Å²) in [5.74, 6) is 1.79. The highest BCUT2D eigenvalue weighted by Gasteiger charge is 2.11. The minimum Gasteiger partial charge on any atom is -0.493 e. The van der Waals surface area contributed by atoms with Crippen molar-refractivity contribution in [2.45, 2.75) is 33.2 Å². The van der Waals surface area contributed by atoms with E-state index in [-0.39, 0.29) is 5.91 Å². The molecule has 1 amide bonds. The second-order valence-corrected chi connectivity index (χ2v) is 6.92. The number of ether oxygens (including phenoxy) is 1. The van der Waals surface area contributed by atoms with Crippen molar-refractivity contribution in [3.05, 3.63) is 72.1 Å². The zero-order valence-corrected chi connectivity index (χ0v) is 16.6. The maximum absolute atomic E-state index is 11.7. The van der Waals surface area contributed by atoms with Crippen LogP contribution in [0.25, 0.3) is 11.0 Å². The average molecular weight is 377 g/mol. The summed E-state index contributed by atoms with van der Waals surface area (Å²) in [6.45, 7) is 9.42. The Labute approximate surface area is 166 Å². The second kappa shape index (κ2) is 9.22. The van der Waals surface area contributed by atoms with Crippen molar-refractivity contribution >= 4 is 16.9 Å². The lowest BCUT2D eigenvalue weighted by Crippen LogP contribution is -2.26. The number of nitrogens with one attached hydrogen (secondary N) is 1. The predicted octanol–water partition coefficient (Wildman–Crippen LogP) is 4.05. The lowest BCUT2D eigenvalue weighted by atomic mass is 10.2. The van der Waals surface area contributed by atoms with Crippen molar-refractivity contribution in [1.29, 1.82) is 0 Å². The van der Waals surface area contributed by atoms with E-state index < -0.39 is 0 Å². The van der Waals surface area contributed by atoms with E-state index in [0.717, 1.165) is 41.1 Å². The Balaban J connectivity index is 1.64. The molecule has 0 spiro atoms. The Hall–Kier alpha value is -3.08. The Morgan fingerprint density at radius 1 is 1.18 bits per heavy atom. The first-order valence-electron chi connectivity index (χ1n) is 9.62. The van der Waals surface area contributed by atoms with Gasteiger partial charge in [-0.25, -0.2) is 4.98 Å². The van der Waals surface area contributed by atoms with Crippen LogP contribution in [0.2, 0.25) is 0 Å². The average Bonchev–Trinajstić information content (AvgIpc) is 3.04. The number of aryl methyl sites for hydroxylation is 2. The number of rotatable bonds is 9. The number of imidazole rings is 1. The van der Waals surface area contributed by atoms with E-state index >= 15 is 0 Å². The van der Waals surface area contributed by atoms with Crippen molar-refractivity contribution < 1.29 is 9.53 Å². The molecule has 1 aromatic heterocycles. The van der Waals surface area contributed by atoms with Crippen LogP contribution in [0.4, 0.5) is 0 Å². The molecule has 0 unspecified atom stereocenters. The Kier molecular flexibility index (Phi) is 6.48. The molecule has 5 nitrogen and oxygen atoms in total. The first-order valence-corrected chi connectivity index (χ1v) is 9.62. The molecule has 1 heterocycles. The molecule has 0 saturated heterocycles. The molecule has 1 N–H and O–H groups in total. The van der Waals surface area contributed by atoms with E-state index in [1.54, 1.807) is 6.92 Å². The molecular formula is C23H27N3O2. The monoisotopic (exact) mass is 377 g/mol. The van der Waals surface area contributed by atoms with Gasteiger partial charge in [-0.15, -0.1) is 0 Å². The third-order valence-electron chi connectivity index (χ3n) is 4.63. The molecule has 0 atom stereocenters. The topological polar surface area (TPSA) is 56.2 Å². The van der Waals surface area contributed by atoms with E-state index in [2.05, 4.69) is 35.5 Å². The molecule has 0 saturated carbocycles. The van der Waals surface area contributed by atoms with Crippen molar-refractivity contribution in [3.8, 4) is 5.75 Å². The van der Waals surface area contributed by atoms with Gasteiger partial charge in [0.05, 0.1) is 17.6 Å². The van der Waals surface area contributed by atoms with E-state index in [1.165, 1.54) is 0 Å². The van der Waals surface area contributed by atoms with Crippen LogP contribution >= 0.6 is 0 Å². The molecule has 146 valence electrons. The van der Waals surface area contributed by atoms with Gasteiger partial charge in [0, 0.05) is 25.1 Å². The van der Waals surface area contributed by atoms with Crippen LogP contribution in [0, 0.1) is 6.92 Å². The van der Waals surface area contributed by atoms with Crippen LogP contribution in [-0.4, -0.2) is 28.6 Å². The van der Waals surface area contributed by atoms with Gasteiger partial charge in [0.15, 0.2) is 0 Å². The summed E-state index contributed by atoms with van der Waals surface area (Å²) in [5.41, 5.74) is 3.74. The van der Waals surface area contributed by atoms with Gasteiger partial charge in [-0.2, -0.15) is 0 Å². The van der Waals surface area contributed by atoms with Crippen LogP contribution in [0.15, 0.2) is 60.7 Å². The third kappa shape index (κ3) is 4.80. The van der Waals surface area contributed by atoms with Crippen LogP contribution in [0.5, 0.6) is 5.75 Å². The number of aromatic nitrogens is 2. The quantitative estimate of drug-likeness (QED) is 0.452. The van der Waals surface area contributed by atoms with Gasteiger partial charge in [-0.05, 0) is 44.0 Å². The molecule has 5 heteroatoms. The van der Waals surface area contributed by atoms with Gasteiger partial charge < -0.3 is 14.6 Å². The molecule has 3 aromatic rings. The number of hydrogen-bond acceptors (Lipinski definition) is 3. The van der Waals surface area contributed by atoms with Crippen molar-refractivity contribution in [1.82, 2.24) is 14.9 Å². The van der Waals surface area contributed by atoms with E-state index in [1.807, 2.05) is 36.4 Å². The van der Waals surface area contributed by atoms with Gasteiger partial charge in [0.1, 0.15) is 11.6 Å². The lowest BCUT2D eigenvalue weighted by molar-refractivity contribution is -0.117. The van der Waals surface area contributed by atoms with E-state index in [4.69, 9.17) is 9.72 Å². The van der Waals surface area contributed by atoms with Crippen LogP contribution in [0.3, 0.4) is 0 Å². The number of fused-ring (bicyclic) bond motifs is 1. The van der Waals surface area contributed by atoms with Crippen LogP contribution < -0.4 is 10.1 Å². The molecule has 28 heavy (non-hydrogen) atoms. The minimum absolute atomic E-state index is 0.116. The molecule has 0 aliphatic heterocycles. The highest BCUT2D eigenvalue weighted by molar-refractivity contribution is 5.92. The Bertz CT molecular complexity index is 975.